The van der Waals surface area contributed by atoms with Gasteiger partial charge in [-0.15, -0.1) is 0 Å². The third-order valence-corrected chi connectivity index (χ3v) is 3.58. The van der Waals surface area contributed by atoms with Crippen LogP contribution in [0.5, 0.6) is 0 Å². The Morgan fingerprint density at radius 2 is 2.33 bits per heavy atom. The van der Waals surface area contributed by atoms with Gasteiger partial charge in [0, 0.05) is 36.1 Å². The van der Waals surface area contributed by atoms with Gasteiger partial charge in [0.05, 0.1) is 0 Å². The molecular formula is C14H16N2O2. The van der Waals surface area contributed by atoms with Crippen LogP contribution in [0.3, 0.4) is 0 Å². The Morgan fingerprint density at radius 1 is 1.50 bits per heavy atom. The lowest BCUT2D eigenvalue weighted by molar-refractivity contribution is -0.137. The van der Waals surface area contributed by atoms with Crippen LogP contribution in [-0.4, -0.2) is 22.2 Å². The number of aryl methyl sites for hydroxylation is 1. The second-order valence-corrected chi connectivity index (χ2v) is 4.85. The first-order valence-corrected chi connectivity index (χ1v) is 6.20. The van der Waals surface area contributed by atoms with E-state index in [0.29, 0.717) is 0 Å². The van der Waals surface area contributed by atoms with Gasteiger partial charge >= 0.3 is 5.97 Å². The molecular weight excluding hydrogens is 228 g/mol. The molecule has 18 heavy (non-hydrogen) atoms. The van der Waals surface area contributed by atoms with Crippen LogP contribution in [0.4, 0.5) is 0 Å². The van der Waals surface area contributed by atoms with Crippen LogP contribution in [0.1, 0.15) is 16.8 Å². The van der Waals surface area contributed by atoms with Crippen LogP contribution in [0.15, 0.2) is 18.2 Å². The van der Waals surface area contributed by atoms with E-state index in [1.807, 2.05) is 16.7 Å². The minimum atomic E-state index is -0.784. The lowest BCUT2D eigenvalue weighted by atomic mass is 10.0. The Kier molecular flexibility index (Phi) is 2.59. The molecule has 0 unspecified atom stereocenters. The van der Waals surface area contributed by atoms with Crippen molar-refractivity contribution in [1.29, 1.82) is 0 Å². The van der Waals surface area contributed by atoms with Crippen molar-refractivity contribution >= 4 is 16.9 Å². The molecule has 0 saturated heterocycles. The van der Waals surface area contributed by atoms with Crippen LogP contribution >= 0.6 is 0 Å². The Morgan fingerprint density at radius 3 is 3.11 bits per heavy atom. The van der Waals surface area contributed by atoms with Gasteiger partial charge in [-0.2, -0.15) is 0 Å². The van der Waals surface area contributed by atoms with Gasteiger partial charge in [0.1, 0.15) is 6.54 Å². The highest BCUT2D eigenvalue weighted by atomic mass is 16.4. The maximum atomic E-state index is 11.0. The summed E-state index contributed by atoms with van der Waals surface area (Å²) in [5.41, 5.74) is 4.69. The fourth-order valence-electron chi connectivity index (χ4n) is 2.81. The number of carboxylic acids is 1. The molecule has 0 atom stereocenters. The van der Waals surface area contributed by atoms with Crippen LogP contribution < -0.4 is 5.32 Å². The minimum Gasteiger partial charge on any atom is -0.480 e. The maximum Gasteiger partial charge on any atom is 0.323 e. The Bertz CT molecular complexity index is 628. The Labute approximate surface area is 105 Å². The van der Waals surface area contributed by atoms with E-state index in [-0.39, 0.29) is 6.54 Å². The molecule has 0 amide bonds. The van der Waals surface area contributed by atoms with Crippen molar-refractivity contribution < 1.29 is 9.90 Å². The summed E-state index contributed by atoms with van der Waals surface area (Å²) in [6.07, 6.45) is 0.899. The molecule has 2 heterocycles. The third kappa shape index (κ3) is 1.69. The molecule has 1 aromatic carbocycles. The number of fused-ring (bicyclic) bond motifs is 3. The summed E-state index contributed by atoms with van der Waals surface area (Å²) in [7, 11) is 0. The SMILES string of the molecule is Cc1ccc2c(c1)c1c(n2CC(=O)O)CCNC1. The fourth-order valence-corrected chi connectivity index (χ4v) is 2.81. The number of aliphatic carboxylic acids is 1. The first kappa shape index (κ1) is 11.3. The monoisotopic (exact) mass is 244 g/mol. The highest BCUT2D eigenvalue weighted by Gasteiger charge is 2.20. The van der Waals surface area contributed by atoms with Crippen LogP contribution in [-0.2, 0) is 24.3 Å². The van der Waals surface area contributed by atoms with Crippen molar-refractivity contribution in [3.05, 3.63) is 35.0 Å². The highest BCUT2D eigenvalue weighted by molar-refractivity contribution is 5.87. The van der Waals surface area contributed by atoms with Crippen molar-refractivity contribution in [2.24, 2.45) is 0 Å². The molecule has 4 heteroatoms. The summed E-state index contributed by atoms with van der Waals surface area (Å²) in [6, 6.07) is 6.23. The van der Waals surface area contributed by atoms with Gasteiger partial charge in [0.15, 0.2) is 0 Å². The number of hydrogen-bond donors (Lipinski definition) is 2. The van der Waals surface area contributed by atoms with Crippen molar-refractivity contribution in [2.75, 3.05) is 6.54 Å². The number of aromatic nitrogens is 1. The first-order chi connectivity index (χ1) is 8.66. The van der Waals surface area contributed by atoms with Crippen molar-refractivity contribution in [3.63, 3.8) is 0 Å². The number of nitrogens with zero attached hydrogens (tertiary/aromatic N) is 1. The quantitative estimate of drug-likeness (QED) is 0.845. The van der Waals surface area contributed by atoms with E-state index in [9.17, 15) is 4.79 Å². The Hall–Kier alpha value is -1.81. The molecule has 94 valence electrons. The van der Waals surface area contributed by atoms with Gasteiger partial charge in [0.25, 0.3) is 0 Å². The van der Waals surface area contributed by atoms with Crippen molar-refractivity contribution in [1.82, 2.24) is 9.88 Å². The minimum absolute atomic E-state index is 0.0505. The molecule has 0 bridgehead atoms. The second kappa shape index (κ2) is 4.14. The average Bonchev–Trinajstić information content (AvgIpc) is 2.64. The summed E-state index contributed by atoms with van der Waals surface area (Å²) in [6.45, 7) is 3.87. The van der Waals surface area contributed by atoms with E-state index in [1.165, 1.54) is 22.2 Å². The standard InChI is InChI=1S/C14H16N2O2/c1-9-2-3-12-10(6-9)11-7-15-5-4-13(11)16(12)8-14(17)18/h2-3,6,15H,4-5,7-8H2,1H3,(H,17,18). The van der Waals surface area contributed by atoms with E-state index in [4.69, 9.17) is 5.11 Å². The molecule has 3 rings (SSSR count). The normalized spacial score (nSPS) is 14.7. The second-order valence-electron chi connectivity index (χ2n) is 4.85. The van der Waals surface area contributed by atoms with Gasteiger partial charge < -0.3 is 15.0 Å². The summed E-state index contributed by atoms with van der Waals surface area (Å²) in [5.74, 6) is -0.784. The van der Waals surface area contributed by atoms with E-state index in [0.717, 1.165) is 25.0 Å². The van der Waals surface area contributed by atoms with E-state index in [1.54, 1.807) is 0 Å². The lowest BCUT2D eigenvalue weighted by Gasteiger charge is -2.16. The molecule has 0 spiro atoms. The summed E-state index contributed by atoms with van der Waals surface area (Å²) in [5, 5.41) is 13.6. The van der Waals surface area contributed by atoms with Crippen molar-refractivity contribution in [2.45, 2.75) is 26.4 Å². The summed E-state index contributed by atoms with van der Waals surface area (Å²) >= 11 is 0. The van der Waals surface area contributed by atoms with E-state index < -0.39 is 5.97 Å². The first-order valence-electron chi connectivity index (χ1n) is 6.20. The topological polar surface area (TPSA) is 54.3 Å². The molecule has 0 radical (unpaired) electrons. The molecule has 4 nitrogen and oxygen atoms in total. The zero-order chi connectivity index (χ0) is 12.7. The molecule has 1 aliphatic rings. The summed E-state index contributed by atoms with van der Waals surface area (Å²) in [4.78, 5) is 11.0. The van der Waals surface area contributed by atoms with Gasteiger partial charge in [-0.3, -0.25) is 4.79 Å². The van der Waals surface area contributed by atoms with Crippen LogP contribution in [0.2, 0.25) is 0 Å². The van der Waals surface area contributed by atoms with E-state index >= 15 is 0 Å². The predicted molar refractivity (Wildman–Crippen MR) is 69.7 cm³/mol. The molecule has 1 aromatic heterocycles. The number of hydrogen-bond acceptors (Lipinski definition) is 2. The smallest absolute Gasteiger partial charge is 0.323 e. The third-order valence-electron chi connectivity index (χ3n) is 3.58. The maximum absolute atomic E-state index is 11.0. The number of rotatable bonds is 2. The largest absolute Gasteiger partial charge is 0.480 e. The zero-order valence-corrected chi connectivity index (χ0v) is 10.4. The number of nitrogens with one attached hydrogen (secondary N) is 1. The molecule has 0 saturated carbocycles. The number of carbonyl (C=O) groups is 1. The van der Waals surface area contributed by atoms with Gasteiger partial charge in [0.2, 0.25) is 0 Å². The fraction of sp³-hybridized carbons (Fsp3) is 0.357. The molecule has 2 N–H and O–H groups in total. The predicted octanol–water partition coefficient (Wildman–Crippen LogP) is 1.68. The zero-order valence-electron chi connectivity index (χ0n) is 10.4. The molecule has 1 aliphatic heterocycles. The lowest BCUT2D eigenvalue weighted by Crippen LogP contribution is -2.25. The highest BCUT2D eigenvalue weighted by Crippen LogP contribution is 2.29. The van der Waals surface area contributed by atoms with Gasteiger partial charge in [-0.1, -0.05) is 11.6 Å². The molecule has 2 aromatic rings. The average molecular weight is 244 g/mol. The molecule has 0 fully saturated rings. The molecule has 0 aliphatic carbocycles. The number of benzene rings is 1. The Balaban J connectivity index is 2.28. The van der Waals surface area contributed by atoms with Crippen LogP contribution in [0, 0.1) is 6.92 Å². The van der Waals surface area contributed by atoms with Gasteiger partial charge in [-0.25, -0.2) is 0 Å². The van der Waals surface area contributed by atoms with Crippen molar-refractivity contribution in [3.8, 4) is 0 Å². The number of carboxylic acid groups (broad SMARTS) is 1. The van der Waals surface area contributed by atoms with Gasteiger partial charge in [-0.05, 0) is 24.6 Å². The summed E-state index contributed by atoms with van der Waals surface area (Å²) < 4.78 is 1.95. The van der Waals surface area contributed by atoms with Crippen LogP contribution in [0.25, 0.3) is 10.9 Å². The van der Waals surface area contributed by atoms with E-state index in [2.05, 4.69) is 18.3 Å².